The average molecular weight is 321 g/mol. The van der Waals surface area contributed by atoms with Gasteiger partial charge in [0, 0.05) is 23.7 Å². The normalized spacial score (nSPS) is 28.3. The molecule has 1 fully saturated rings. The second-order valence-electron chi connectivity index (χ2n) is 4.87. The summed E-state index contributed by atoms with van der Waals surface area (Å²) in [4.78, 5) is 12.1. The summed E-state index contributed by atoms with van der Waals surface area (Å²) >= 11 is 1.25. The molecule has 1 aliphatic heterocycles. The second-order valence-corrected chi connectivity index (χ2v) is 6.01. The van der Waals surface area contributed by atoms with Gasteiger partial charge in [-0.05, 0) is 12.1 Å². The Morgan fingerprint density at radius 3 is 2.50 bits per heavy atom. The molecule has 0 aliphatic carbocycles. The quantitative estimate of drug-likeness (QED) is 0.729. The first kappa shape index (κ1) is 15.2. The number of rotatable bonds is 3. The molecule has 3 heterocycles. The van der Waals surface area contributed by atoms with Crippen molar-refractivity contribution in [3.05, 3.63) is 37.1 Å². The molecule has 0 bridgehead atoms. The molecule has 4 atom stereocenters. The van der Waals surface area contributed by atoms with Crippen LogP contribution < -0.4 is 4.74 Å². The third kappa shape index (κ3) is 3.20. The van der Waals surface area contributed by atoms with E-state index in [0.29, 0.717) is 17.2 Å². The van der Waals surface area contributed by atoms with Crippen LogP contribution in [-0.2, 0) is 0 Å². The first-order chi connectivity index (χ1) is 10.6. The molecule has 3 rings (SSSR count). The SMILES string of the molecule is O[C@@H]1[C@@H](O)[C@H](Oc2ccc(-c3cncnc3)nc2)SC[C@H]1O. The zero-order valence-corrected chi connectivity index (χ0v) is 12.3. The molecule has 7 nitrogen and oxygen atoms in total. The van der Waals surface area contributed by atoms with E-state index in [0.717, 1.165) is 5.56 Å². The summed E-state index contributed by atoms with van der Waals surface area (Å²) in [6.07, 6.45) is 2.99. The highest BCUT2D eigenvalue weighted by atomic mass is 32.2. The van der Waals surface area contributed by atoms with Crippen molar-refractivity contribution in [3.8, 4) is 17.0 Å². The molecule has 8 heteroatoms. The number of aliphatic hydroxyl groups excluding tert-OH is 3. The van der Waals surface area contributed by atoms with Crippen LogP contribution in [0.15, 0.2) is 37.1 Å². The van der Waals surface area contributed by atoms with Crippen LogP contribution in [0, 0.1) is 0 Å². The second kappa shape index (κ2) is 6.57. The minimum atomic E-state index is -1.21. The lowest BCUT2D eigenvalue weighted by atomic mass is 10.1. The standard InChI is InChI=1S/C14H15N3O4S/c18-11-6-22-14(13(20)12(11)19)21-9-1-2-10(17-5-9)8-3-15-7-16-4-8/h1-5,7,11-14,18-20H,6H2/t11-,12+,13-,14-/m1/s1. The fourth-order valence-electron chi connectivity index (χ4n) is 2.07. The number of thioether (sulfide) groups is 1. The predicted molar refractivity (Wildman–Crippen MR) is 80.2 cm³/mol. The van der Waals surface area contributed by atoms with Crippen molar-refractivity contribution in [2.24, 2.45) is 0 Å². The molecular formula is C14H15N3O4S. The van der Waals surface area contributed by atoms with E-state index in [1.165, 1.54) is 24.3 Å². The zero-order chi connectivity index (χ0) is 15.5. The van der Waals surface area contributed by atoms with Crippen LogP contribution in [0.4, 0.5) is 0 Å². The molecule has 0 aromatic carbocycles. The Morgan fingerprint density at radius 2 is 1.82 bits per heavy atom. The van der Waals surface area contributed by atoms with Crippen molar-refractivity contribution in [1.82, 2.24) is 15.0 Å². The lowest BCUT2D eigenvalue weighted by Crippen LogP contribution is -2.50. The maximum absolute atomic E-state index is 9.91. The minimum absolute atomic E-state index is 0.301. The number of aliphatic hydroxyl groups is 3. The Hall–Kier alpha value is -1.74. The fraction of sp³-hybridized carbons (Fsp3) is 0.357. The Bertz CT molecular complexity index is 613. The van der Waals surface area contributed by atoms with Crippen LogP contribution in [0.3, 0.4) is 0 Å². The number of pyridine rings is 1. The molecular weight excluding hydrogens is 306 g/mol. The van der Waals surface area contributed by atoms with Gasteiger partial charge in [-0.1, -0.05) is 0 Å². The third-order valence-corrected chi connectivity index (χ3v) is 4.54. The van der Waals surface area contributed by atoms with Gasteiger partial charge in [0.2, 0.25) is 0 Å². The maximum Gasteiger partial charge on any atom is 0.173 e. The lowest BCUT2D eigenvalue weighted by molar-refractivity contribution is -0.0786. The molecule has 0 spiro atoms. The van der Waals surface area contributed by atoms with Crippen molar-refractivity contribution in [2.75, 3.05) is 5.75 Å². The molecule has 2 aromatic heterocycles. The average Bonchev–Trinajstić information content (AvgIpc) is 2.57. The first-order valence-corrected chi connectivity index (χ1v) is 7.74. The van der Waals surface area contributed by atoms with Gasteiger partial charge in [-0.25, -0.2) is 9.97 Å². The Kier molecular flexibility index (Phi) is 4.53. The molecule has 0 saturated carbocycles. The predicted octanol–water partition coefficient (Wildman–Crippen LogP) is 0.0730. The largest absolute Gasteiger partial charge is 0.475 e. The summed E-state index contributed by atoms with van der Waals surface area (Å²) in [5, 5.41) is 29.1. The van der Waals surface area contributed by atoms with Crippen molar-refractivity contribution in [2.45, 2.75) is 23.7 Å². The van der Waals surface area contributed by atoms with Gasteiger partial charge in [-0.2, -0.15) is 0 Å². The maximum atomic E-state index is 9.91. The van der Waals surface area contributed by atoms with Crippen LogP contribution in [0.5, 0.6) is 5.75 Å². The van der Waals surface area contributed by atoms with Gasteiger partial charge in [0.05, 0.1) is 18.0 Å². The summed E-state index contributed by atoms with van der Waals surface area (Å²) in [5.74, 6) is 0.774. The Morgan fingerprint density at radius 1 is 1.05 bits per heavy atom. The summed E-state index contributed by atoms with van der Waals surface area (Å²) < 4.78 is 5.63. The fourth-order valence-corrected chi connectivity index (χ4v) is 3.19. The molecule has 116 valence electrons. The zero-order valence-electron chi connectivity index (χ0n) is 11.5. The van der Waals surface area contributed by atoms with E-state index in [-0.39, 0.29) is 0 Å². The van der Waals surface area contributed by atoms with Gasteiger partial charge < -0.3 is 20.1 Å². The highest BCUT2D eigenvalue weighted by molar-refractivity contribution is 7.99. The van der Waals surface area contributed by atoms with Crippen molar-refractivity contribution in [3.63, 3.8) is 0 Å². The topological polar surface area (TPSA) is 109 Å². The van der Waals surface area contributed by atoms with Crippen LogP contribution in [-0.4, -0.2) is 59.8 Å². The third-order valence-electron chi connectivity index (χ3n) is 3.30. The summed E-state index contributed by atoms with van der Waals surface area (Å²) in [5.41, 5.74) is 0.853. The molecule has 1 aliphatic rings. The van der Waals surface area contributed by atoms with Crippen LogP contribution in [0.1, 0.15) is 0 Å². The summed E-state index contributed by atoms with van der Waals surface area (Å²) in [6.45, 7) is 0. The van der Waals surface area contributed by atoms with Crippen molar-refractivity contribution < 1.29 is 20.1 Å². The van der Waals surface area contributed by atoms with Gasteiger partial charge in [0.15, 0.2) is 5.44 Å². The molecule has 0 radical (unpaired) electrons. The monoisotopic (exact) mass is 321 g/mol. The number of ether oxygens (including phenoxy) is 1. The van der Waals surface area contributed by atoms with E-state index in [9.17, 15) is 15.3 Å². The number of nitrogens with zero attached hydrogens (tertiary/aromatic N) is 3. The van der Waals surface area contributed by atoms with Crippen molar-refractivity contribution >= 4 is 11.8 Å². The van der Waals surface area contributed by atoms with Gasteiger partial charge in [-0.3, -0.25) is 4.98 Å². The Balaban J connectivity index is 1.69. The number of hydrogen-bond donors (Lipinski definition) is 3. The molecule has 0 unspecified atom stereocenters. The molecule has 0 amide bonds. The van der Waals surface area contributed by atoms with E-state index >= 15 is 0 Å². The molecule has 3 N–H and O–H groups in total. The summed E-state index contributed by atoms with van der Waals surface area (Å²) in [6, 6.07) is 3.49. The van der Waals surface area contributed by atoms with Crippen molar-refractivity contribution in [1.29, 1.82) is 0 Å². The molecule has 2 aromatic rings. The molecule has 22 heavy (non-hydrogen) atoms. The van der Waals surface area contributed by atoms with Gasteiger partial charge >= 0.3 is 0 Å². The number of aromatic nitrogens is 3. The van der Waals surface area contributed by atoms with Crippen LogP contribution in [0.2, 0.25) is 0 Å². The van der Waals surface area contributed by atoms with E-state index in [1.54, 1.807) is 24.5 Å². The van der Waals surface area contributed by atoms with E-state index in [1.807, 2.05) is 0 Å². The van der Waals surface area contributed by atoms with E-state index in [4.69, 9.17) is 4.74 Å². The Labute approximate surface area is 131 Å². The summed E-state index contributed by atoms with van der Waals surface area (Å²) in [7, 11) is 0. The van der Waals surface area contributed by atoms with E-state index in [2.05, 4.69) is 15.0 Å². The highest BCUT2D eigenvalue weighted by Gasteiger charge is 2.38. The van der Waals surface area contributed by atoms with Crippen LogP contribution in [0.25, 0.3) is 11.3 Å². The van der Waals surface area contributed by atoms with Gasteiger partial charge in [0.25, 0.3) is 0 Å². The highest BCUT2D eigenvalue weighted by Crippen LogP contribution is 2.29. The van der Waals surface area contributed by atoms with Gasteiger partial charge in [-0.15, -0.1) is 11.8 Å². The van der Waals surface area contributed by atoms with E-state index < -0.39 is 23.7 Å². The smallest absolute Gasteiger partial charge is 0.173 e. The molecule has 1 saturated heterocycles. The first-order valence-electron chi connectivity index (χ1n) is 6.69. The van der Waals surface area contributed by atoms with Gasteiger partial charge in [0.1, 0.15) is 24.3 Å². The lowest BCUT2D eigenvalue weighted by Gasteiger charge is -2.34. The van der Waals surface area contributed by atoms with Crippen LogP contribution >= 0.6 is 11.8 Å². The minimum Gasteiger partial charge on any atom is -0.475 e. The number of hydrogen-bond acceptors (Lipinski definition) is 8.